The summed E-state index contributed by atoms with van der Waals surface area (Å²) >= 11 is 0. The molecule has 1 aromatic carbocycles. The van der Waals surface area contributed by atoms with Gasteiger partial charge < -0.3 is 15.5 Å². The van der Waals surface area contributed by atoms with Gasteiger partial charge >= 0.3 is 0 Å². The molecule has 1 amide bonds. The van der Waals surface area contributed by atoms with Crippen molar-refractivity contribution in [3.63, 3.8) is 0 Å². The summed E-state index contributed by atoms with van der Waals surface area (Å²) < 4.78 is 0. The molecule has 0 bridgehead atoms. The normalized spacial score (nSPS) is 16.5. The fraction of sp³-hybridized carbons (Fsp3) is 0.522. The Morgan fingerprint density at radius 1 is 1.28 bits per heavy atom. The van der Waals surface area contributed by atoms with Gasteiger partial charge in [-0.15, -0.1) is 0 Å². The van der Waals surface area contributed by atoms with Crippen LogP contribution in [0.15, 0.2) is 30.6 Å². The van der Waals surface area contributed by atoms with Crippen molar-refractivity contribution in [2.24, 2.45) is 5.92 Å². The molecule has 2 aromatic rings. The summed E-state index contributed by atoms with van der Waals surface area (Å²) in [6.45, 7) is 9.12. The molecule has 6 nitrogen and oxygen atoms in total. The molecule has 1 aromatic heterocycles. The van der Waals surface area contributed by atoms with Crippen LogP contribution in [0.2, 0.25) is 0 Å². The average molecular weight is 396 g/mol. The minimum Gasteiger partial charge on any atom is -0.370 e. The van der Waals surface area contributed by atoms with Crippen molar-refractivity contribution in [1.82, 2.24) is 9.97 Å². The molecule has 0 spiro atoms. The molecule has 0 saturated carbocycles. The lowest BCUT2D eigenvalue weighted by Crippen LogP contribution is -2.36. The maximum Gasteiger partial charge on any atom is 0.224 e. The van der Waals surface area contributed by atoms with E-state index in [1.165, 1.54) is 12.0 Å². The van der Waals surface area contributed by atoms with E-state index in [-0.39, 0.29) is 5.91 Å². The summed E-state index contributed by atoms with van der Waals surface area (Å²) in [5.74, 6) is 2.47. The van der Waals surface area contributed by atoms with Gasteiger partial charge in [-0.25, -0.2) is 9.97 Å². The van der Waals surface area contributed by atoms with Crippen LogP contribution in [0.3, 0.4) is 0 Å². The van der Waals surface area contributed by atoms with Gasteiger partial charge in [-0.3, -0.25) is 4.79 Å². The fourth-order valence-electron chi connectivity index (χ4n) is 3.81. The van der Waals surface area contributed by atoms with Crippen molar-refractivity contribution in [2.45, 2.75) is 52.9 Å². The third kappa shape index (κ3) is 5.92. The molecule has 2 heterocycles. The SMILES string of the molecule is CCCNc1cc(N2CCC[C@@H](CCC(=O)Nc3cccc(C)c3C)C2)ncn1. The summed E-state index contributed by atoms with van der Waals surface area (Å²) in [7, 11) is 0. The van der Waals surface area contributed by atoms with E-state index in [1.807, 2.05) is 18.2 Å². The Hall–Kier alpha value is -2.63. The Morgan fingerprint density at radius 3 is 2.97 bits per heavy atom. The number of benzene rings is 1. The zero-order valence-corrected chi connectivity index (χ0v) is 17.9. The Morgan fingerprint density at radius 2 is 2.14 bits per heavy atom. The molecule has 3 rings (SSSR count). The molecule has 2 N–H and O–H groups in total. The molecule has 156 valence electrons. The van der Waals surface area contributed by atoms with Crippen LogP contribution in [0.4, 0.5) is 17.3 Å². The van der Waals surface area contributed by atoms with Gasteiger partial charge in [0.05, 0.1) is 0 Å². The zero-order valence-electron chi connectivity index (χ0n) is 17.9. The first-order chi connectivity index (χ1) is 14.1. The van der Waals surface area contributed by atoms with Gasteiger partial charge in [-0.05, 0) is 62.6 Å². The summed E-state index contributed by atoms with van der Waals surface area (Å²) in [6, 6.07) is 8.06. The van der Waals surface area contributed by atoms with Gasteiger partial charge in [0, 0.05) is 37.8 Å². The Balaban J connectivity index is 1.52. The Bertz CT molecular complexity index is 823. The van der Waals surface area contributed by atoms with Crippen LogP contribution in [0, 0.1) is 19.8 Å². The molecule has 1 fully saturated rings. The second kappa shape index (κ2) is 10.2. The maximum atomic E-state index is 12.5. The Kier molecular flexibility index (Phi) is 7.44. The highest BCUT2D eigenvalue weighted by Crippen LogP contribution is 2.26. The van der Waals surface area contributed by atoms with Gasteiger partial charge in [0.1, 0.15) is 18.0 Å². The summed E-state index contributed by atoms with van der Waals surface area (Å²) in [5.41, 5.74) is 3.26. The average Bonchev–Trinajstić information content (AvgIpc) is 2.74. The standard InChI is InChI=1S/C23H33N5O/c1-4-12-24-21-14-22(26-16-25-21)28-13-6-8-19(15-28)10-11-23(29)27-20-9-5-7-17(2)18(20)3/h5,7,9,14,16,19H,4,6,8,10-13,15H2,1-3H3,(H,27,29)(H,24,25,26)/t19-/m0/s1. The highest BCUT2D eigenvalue weighted by atomic mass is 16.1. The van der Waals surface area contributed by atoms with Crippen molar-refractivity contribution in [3.05, 3.63) is 41.7 Å². The topological polar surface area (TPSA) is 70.2 Å². The fourth-order valence-corrected chi connectivity index (χ4v) is 3.81. The lowest BCUT2D eigenvalue weighted by Gasteiger charge is -2.33. The number of carbonyl (C=O) groups excluding carboxylic acids is 1. The molecule has 0 radical (unpaired) electrons. The molecule has 6 heteroatoms. The van der Waals surface area contributed by atoms with Gasteiger partial charge in [-0.2, -0.15) is 0 Å². The van der Waals surface area contributed by atoms with Crippen LogP contribution >= 0.6 is 0 Å². The molecule has 29 heavy (non-hydrogen) atoms. The largest absolute Gasteiger partial charge is 0.370 e. The van der Waals surface area contributed by atoms with E-state index < -0.39 is 0 Å². The smallest absolute Gasteiger partial charge is 0.224 e. The molecular weight excluding hydrogens is 362 g/mol. The van der Waals surface area contributed by atoms with Crippen LogP contribution in [0.1, 0.15) is 50.2 Å². The number of anilines is 3. The van der Waals surface area contributed by atoms with Gasteiger partial charge in [0.15, 0.2) is 0 Å². The second-order valence-corrected chi connectivity index (χ2v) is 7.98. The number of aryl methyl sites for hydroxylation is 1. The maximum absolute atomic E-state index is 12.5. The lowest BCUT2D eigenvalue weighted by atomic mass is 9.93. The lowest BCUT2D eigenvalue weighted by molar-refractivity contribution is -0.116. The highest BCUT2D eigenvalue weighted by Gasteiger charge is 2.22. The third-order valence-corrected chi connectivity index (χ3v) is 5.71. The number of amides is 1. The molecule has 1 saturated heterocycles. The van der Waals surface area contributed by atoms with Gasteiger partial charge in [0.25, 0.3) is 0 Å². The van der Waals surface area contributed by atoms with Gasteiger partial charge in [-0.1, -0.05) is 19.1 Å². The van der Waals surface area contributed by atoms with Crippen LogP contribution in [-0.4, -0.2) is 35.5 Å². The molecule has 0 aliphatic carbocycles. The first-order valence-corrected chi connectivity index (χ1v) is 10.7. The Labute approximate surface area is 174 Å². The summed E-state index contributed by atoms with van der Waals surface area (Å²) in [6.07, 6.45) is 6.45. The number of aromatic nitrogens is 2. The monoisotopic (exact) mass is 395 g/mol. The number of rotatable bonds is 8. The third-order valence-electron chi connectivity index (χ3n) is 5.71. The molecular formula is C23H33N5O. The minimum absolute atomic E-state index is 0.101. The van der Waals surface area contributed by atoms with Crippen LogP contribution in [0.5, 0.6) is 0 Å². The first-order valence-electron chi connectivity index (χ1n) is 10.7. The molecule has 0 unspecified atom stereocenters. The highest BCUT2D eigenvalue weighted by molar-refractivity contribution is 5.91. The van der Waals surface area contributed by atoms with E-state index in [0.717, 1.165) is 61.8 Å². The van der Waals surface area contributed by atoms with Crippen molar-refractivity contribution in [1.29, 1.82) is 0 Å². The number of nitrogens with zero attached hydrogens (tertiary/aromatic N) is 3. The second-order valence-electron chi connectivity index (χ2n) is 7.98. The van der Waals surface area contributed by atoms with Crippen LogP contribution in [-0.2, 0) is 4.79 Å². The zero-order chi connectivity index (χ0) is 20.6. The minimum atomic E-state index is 0.101. The van der Waals surface area contributed by atoms with E-state index in [4.69, 9.17) is 0 Å². The predicted octanol–water partition coefficient (Wildman–Crippen LogP) is 4.55. The molecule has 1 aliphatic rings. The van der Waals surface area contributed by atoms with E-state index >= 15 is 0 Å². The molecule has 1 aliphatic heterocycles. The van der Waals surface area contributed by atoms with E-state index in [2.05, 4.69) is 52.3 Å². The number of carbonyl (C=O) groups is 1. The quantitative estimate of drug-likeness (QED) is 0.686. The number of nitrogens with one attached hydrogen (secondary N) is 2. The van der Waals surface area contributed by atoms with E-state index in [0.29, 0.717) is 12.3 Å². The molecule has 1 atom stereocenters. The number of hydrogen-bond donors (Lipinski definition) is 2. The van der Waals surface area contributed by atoms with E-state index in [1.54, 1.807) is 6.33 Å². The van der Waals surface area contributed by atoms with Crippen LogP contribution < -0.4 is 15.5 Å². The summed E-state index contributed by atoms with van der Waals surface area (Å²) in [4.78, 5) is 23.6. The number of piperidine rings is 1. The number of hydrogen-bond acceptors (Lipinski definition) is 5. The first kappa shape index (κ1) is 21.1. The van der Waals surface area contributed by atoms with Crippen molar-refractivity contribution in [2.75, 3.05) is 35.2 Å². The predicted molar refractivity (Wildman–Crippen MR) is 120 cm³/mol. The van der Waals surface area contributed by atoms with Crippen molar-refractivity contribution >= 4 is 23.2 Å². The van der Waals surface area contributed by atoms with E-state index in [9.17, 15) is 4.79 Å². The van der Waals surface area contributed by atoms with Crippen LogP contribution in [0.25, 0.3) is 0 Å². The van der Waals surface area contributed by atoms with Crippen molar-refractivity contribution < 1.29 is 4.79 Å². The summed E-state index contributed by atoms with van der Waals surface area (Å²) in [5, 5.41) is 6.41. The van der Waals surface area contributed by atoms with Gasteiger partial charge in [0.2, 0.25) is 5.91 Å². The van der Waals surface area contributed by atoms with Crippen molar-refractivity contribution in [3.8, 4) is 0 Å².